The predicted molar refractivity (Wildman–Crippen MR) is 97.1 cm³/mol. The molecule has 1 aliphatic rings. The SMILES string of the molecule is COc1ccc(OC)c(NC(=O)/C(C#N)=C\NCCN2CCOCC2)c1. The summed E-state index contributed by atoms with van der Waals surface area (Å²) in [5, 5.41) is 14.9. The summed E-state index contributed by atoms with van der Waals surface area (Å²) in [5.41, 5.74) is 0.420. The van der Waals surface area contributed by atoms with Crippen molar-refractivity contribution >= 4 is 11.6 Å². The molecule has 0 saturated carbocycles. The molecule has 8 heteroatoms. The molecule has 1 heterocycles. The van der Waals surface area contributed by atoms with Crippen LogP contribution in [0.1, 0.15) is 0 Å². The lowest BCUT2D eigenvalue weighted by molar-refractivity contribution is -0.112. The normalized spacial score (nSPS) is 15.0. The quantitative estimate of drug-likeness (QED) is 0.405. The van der Waals surface area contributed by atoms with Crippen LogP contribution in [0.5, 0.6) is 11.5 Å². The van der Waals surface area contributed by atoms with Crippen LogP contribution in [0.3, 0.4) is 0 Å². The maximum absolute atomic E-state index is 12.3. The number of morpholine rings is 1. The number of carbonyl (C=O) groups excluding carboxylic acids is 1. The maximum atomic E-state index is 12.3. The highest BCUT2D eigenvalue weighted by Crippen LogP contribution is 2.29. The Hall–Kier alpha value is -2.76. The van der Waals surface area contributed by atoms with Crippen LogP contribution in [0.25, 0.3) is 0 Å². The molecular weight excluding hydrogens is 336 g/mol. The number of ether oxygens (including phenoxy) is 3. The van der Waals surface area contributed by atoms with Crippen molar-refractivity contribution in [1.29, 1.82) is 5.26 Å². The summed E-state index contributed by atoms with van der Waals surface area (Å²) < 4.78 is 15.7. The Morgan fingerprint density at radius 1 is 1.35 bits per heavy atom. The Morgan fingerprint density at radius 2 is 2.12 bits per heavy atom. The summed E-state index contributed by atoms with van der Waals surface area (Å²) >= 11 is 0. The predicted octanol–water partition coefficient (Wildman–Crippen LogP) is 0.972. The number of rotatable bonds is 8. The zero-order valence-electron chi connectivity index (χ0n) is 15.1. The van der Waals surface area contributed by atoms with Crippen molar-refractivity contribution in [3.63, 3.8) is 0 Å². The van der Waals surface area contributed by atoms with Crippen LogP contribution in [0.2, 0.25) is 0 Å². The zero-order chi connectivity index (χ0) is 18.8. The van der Waals surface area contributed by atoms with Gasteiger partial charge in [-0.1, -0.05) is 0 Å². The first-order valence-corrected chi connectivity index (χ1v) is 8.35. The topological polar surface area (TPSA) is 95.8 Å². The van der Waals surface area contributed by atoms with Gasteiger partial charge in [0.1, 0.15) is 23.1 Å². The van der Waals surface area contributed by atoms with Crippen LogP contribution in [-0.2, 0) is 9.53 Å². The van der Waals surface area contributed by atoms with E-state index in [1.54, 1.807) is 18.2 Å². The number of benzene rings is 1. The third-order valence-electron chi connectivity index (χ3n) is 3.94. The molecule has 1 saturated heterocycles. The molecule has 1 fully saturated rings. The number of hydrogen-bond acceptors (Lipinski definition) is 7. The summed E-state index contributed by atoms with van der Waals surface area (Å²) in [5.74, 6) is 0.543. The van der Waals surface area contributed by atoms with Gasteiger partial charge in [0, 0.05) is 38.4 Å². The number of carbonyl (C=O) groups is 1. The zero-order valence-corrected chi connectivity index (χ0v) is 15.1. The molecule has 8 nitrogen and oxygen atoms in total. The number of methoxy groups -OCH3 is 2. The van der Waals surface area contributed by atoms with Crippen LogP contribution >= 0.6 is 0 Å². The largest absolute Gasteiger partial charge is 0.497 e. The van der Waals surface area contributed by atoms with Crippen molar-refractivity contribution in [3.05, 3.63) is 30.0 Å². The molecule has 1 amide bonds. The van der Waals surface area contributed by atoms with Gasteiger partial charge in [-0.05, 0) is 12.1 Å². The van der Waals surface area contributed by atoms with Gasteiger partial charge in [0.25, 0.3) is 5.91 Å². The van der Waals surface area contributed by atoms with Gasteiger partial charge in [-0.25, -0.2) is 0 Å². The lowest BCUT2D eigenvalue weighted by atomic mass is 10.2. The molecule has 1 aromatic rings. The average Bonchev–Trinajstić information content (AvgIpc) is 2.68. The van der Waals surface area contributed by atoms with Crippen molar-refractivity contribution in [1.82, 2.24) is 10.2 Å². The molecule has 140 valence electrons. The van der Waals surface area contributed by atoms with Gasteiger partial charge in [-0.15, -0.1) is 0 Å². The van der Waals surface area contributed by atoms with Crippen molar-refractivity contribution in [3.8, 4) is 17.6 Å². The Bertz CT molecular complexity index is 678. The third kappa shape index (κ3) is 5.65. The van der Waals surface area contributed by atoms with Gasteiger partial charge in [-0.3, -0.25) is 9.69 Å². The van der Waals surface area contributed by atoms with Crippen molar-refractivity contribution in [2.75, 3.05) is 58.9 Å². The van der Waals surface area contributed by atoms with E-state index < -0.39 is 5.91 Å². The summed E-state index contributed by atoms with van der Waals surface area (Å²) in [6.07, 6.45) is 1.43. The molecule has 26 heavy (non-hydrogen) atoms. The summed E-state index contributed by atoms with van der Waals surface area (Å²) in [6.45, 7) is 4.73. The number of hydrogen-bond donors (Lipinski definition) is 2. The molecule has 2 N–H and O–H groups in total. The van der Waals surface area contributed by atoms with Crippen LogP contribution in [0.15, 0.2) is 30.0 Å². The molecule has 0 bridgehead atoms. The highest BCUT2D eigenvalue weighted by atomic mass is 16.5. The average molecular weight is 360 g/mol. The number of anilines is 1. The first kappa shape index (κ1) is 19.6. The molecule has 0 spiro atoms. The van der Waals surface area contributed by atoms with E-state index in [0.717, 1.165) is 32.8 Å². The standard InChI is InChI=1S/C18H24N4O4/c1-24-15-3-4-17(25-2)16(11-15)21-18(23)14(12-19)13-20-5-6-22-7-9-26-10-8-22/h3-4,11,13,20H,5-10H2,1-2H3,(H,21,23)/b14-13-. The third-order valence-corrected chi connectivity index (χ3v) is 3.94. The van der Waals surface area contributed by atoms with Crippen molar-refractivity contribution < 1.29 is 19.0 Å². The van der Waals surface area contributed by atoms with E-state index in [9.17, 15) is 10.1 Å². The maximum Gasteiger partial charge on any atom is 0.267 e. The Balaban J connectivity index is 1.92. The monoisotopic (exact) mass is 360 g/mol. The summed E-state index contributed by atoms with van der Waals surface area (Å²) in [6, 6.07) is 6.95. The van der Waals surface area contributed by atoms with Crippen LogP contribution < -0.4 is 20.1 Å². The van der Waals surface area contributed by atoms with Crippen LogP contribution in [-0.4, -0.2) is 64.4 Å². The fraction of sp³-hybridized carbons (Fsp3) is 0.444. The second kappa shape index (κ2) is 10.3. The van der Waals surface area contributed by atoms with E-state index in [1.807, 2.05) is 6.07 Å². The Kier molecular flexibility index (Phi) is 7.74. The fourth-order valence-corrected chi connectivity index (χ4v) is 2.47. The minimum absolute atomic E-state index is 0.0168. The summed E-state index contributed by atoms with van der Waals surface area (Å²) in [7, 11) is 3.04. The first-order chi connectivity index (χ1) is 12.7. The van der Waals surface area contributed by atoms with E-state index in [0.29, 0.717) is 23.7 Å². The number of nitrogens with one attached hydrogen (secondary N) is 2. The van der Waals surface area contributed by atoms with Crippen molar-refractivity contribution in [2.45, 2.75) is 0 Å². The van der Waals surface area contributed by atoms with Crippen molar-refractivity contribution in [2.24, 2.45) is 0 Å². The van der Waals surface area contributed by atoms with E-state index >= 15 is 0 Å². The highest BCUT2D eigenvalue weighted by molar-refractivity contribution is 6.07. The Morgan fingerprint density at radius 3 is 2.77 bits per heavy atom. The minimum atomic E-state index is -0.516. The van der Waals surface area contributed by atoms with E-state index in [4.69, 9.17) is 14.2 Å². The number of nitriles is 1. The second-order valence-electron chi connectivity index (χ2n) is 5.60. The van der Waals surface area contributed by atoms with Gasteiger partial charge in [-0.2, -0.15) is 5.26 Å². The highest BCUT2D eigenvalue weighted by Gasteiger charge is 2.13. The molecule has 0 aliphatic carbocycles. The van der Waals surface area contributed by atoms with Gasteiger partial charge < -0.3 is 24.8 Å². The molecule has 0 aromatic heterocycles. The van der Waals surface area contributed by atoms with Crippen LogP contribution in [0, 0.1) is 11.3 Å². The van der Waals surface area contributed by atoms with E-state index in [-0.39, 0.29) is 5.57 Å². The Labute approximate surface area is 153 Å². The molecule has 0 atom stereocenters. The molecule has 1 aromatic carbocycles. The second-order valence-corrected chi connectivity index (χ2v) is 5.60. The molecule has 2 rings (SSSR count). The van der Waals surface area contributed by atoms with Gasteiger partial charge in [0.05, 0.1) is 33.1 Å². The number of amides is 1. The lowest BCUT2D eigenvalue weighted by Gasteiger charge is -2.26. The molecule has 0 radical (unpaired) electrons. The lowest BCUT2D eigenvalue weighted by Crippen LogP contribution is -2.39. The molecular formula is C18H24N4O4. The van der Waals surface area contributed by atoms with Crippen LogP contribution in [0.4, 0.5) is 5.69 Å². The number of nitrogens with zero attached hydrogens (tertiary/aromatic N) is 2. The van der Waals surface area contributed by atoms with Gasteiger partial charge in [0.15, 0.2) is 0 Å². The fourth-order valence-electron chi connectivity index (χ4n) is 2.47. The van der Waals surface area contributed by atoms with Gasteiger partial charge >= 0.3 is 0 Å². The molecule has 0 unspecified atom stereocenters. The van der Waals surface area contributed by atoms with Gasteiger partial charge in [0.2, 0.25) is 0 Å². The summed E-state index contributed by atoms with van der Waals surface area (Å²) in [4.78, 5) is 14.6. The smallest absolute Gasteiger partial charge is 0.267 e. The van der Waals surface area contributed by atoms with E-state index in [1.165, 1.54) is 20.4 Å². The minimum Gasteiger partial charge on any atom is -0.497 e. The van der Waals surface area contributed by atoms with E-state index in [2.05, 4.69) is 15.5 Å². The first-order valence-electron chi connectivity index (χ1n) is 8.35. The molecule has 1 aliphatic heterocycles.